The number of hydrogen-bond acceptors (Lipinski definition) is 4. The lowest BCUT2D eigenvalue weighted by Gasteiger charge is -2.10. The Labute approximate surface area is 143 Å². The Morgan fingerprint density at radius 1 is 0.960 bits per heavy atom. The summed E-state index contributed by atoms with van der Waals surface area (Å²) in [5, 5.41) is 23.7. The van der Waals surface area contributed by atoms with Gasteiger partial charge in [-0.3, -0.25) is 20.2 Å². The SMILES string of the molecule is CC[n+]1c(C)cc(-c2c([N+](=O)[O-])cccc2[N+](=O)[O-])c2ccccc21. The lowest BCUT2D eigenvalue weighted by molar-refractivity contribution is -0.673. The Morgan fingerprint density at radius 2 is 1.56 bits per heavy atom. The number of aryl methyl sites for hydroxylation is 2. The summed E-state index contributed by atoms with van der Waals surface area (Å²) >= 11 is 0. The number of fused-ring (bicyclic) bond motifs is 1. The molecule has 0 bridgehead atoms. The van der Waals surface area contributed by atoms with Gasteiger partial charge in [-0.1, -0.05) is 12.1 Å². The van der Waals surface area contributed by atoms with Crippen molar-refractivity contribution in [2.45, 2.75) is 20.4 Å². The molecular weight excluding hydrogens is 322 g/mol. The topological polar surface area (TPSA) is 90.2 Å². The van der Waals surface area contributed by atoms with Gasteiger partial charge in [0.1, 0.15) is 12.1 Å². The van der Waals surface area contributed by atoms with Crippen LogP contribution in [0.25, 0.3) is 22.0 Å². The number of hydrogen-bond donors (Lipinski definition) is 0. The monoisotopic (exact) mass is 338 g/mol. The number of pyridine rings is 1. The van der Waals surface area contributed by atoms with Crippen LogP contribution in [-0.4, -0.2) is 9.85 Å². The predicted octanol–water partition coefficient (Wildman–Crippen LogP) is 3.94. The second kappa shape index (κ2) is 6.27. The normalized spacial score (nSPS) is 10.8. The van der Waals surface area contributed by atoms with Gasteiger partial charge in [-0.2, -0.15) is 4.57 Å². The number of para-hydroxylation sites is 1. The molecular formula is C18H16N3O4+. The van der Waals surface area contributed by atoms with Crippen LogP contribution in [0.15, 0.2) is 48.5 Å². The van der Waals surface area contributed by atoms with E-state index < -0.39 is 9.85 Å². The van der Waals surface area contributed by atoms with E-state index in [1.807, 2.05) is 38.1 Å². The average molecular weight is 338 g/mol. The van der Waals surface area contributed by atoms with Crippen LogP contribution in [0.3, 0.4) is 0 Å². The standard InChI is InChI=1S/C18H16N3O4/c1-3-19-12(2)11-14(13-7-4-5-8-15(13)19)18-16(20(22)23)9-6-10-17(18)21(24)25/h4-11H,3H2,1-2H3/q+1. The third-order valence-corrected chi connectivity index (χ3v) is 4.26. The van der Waals surface area contributed by atoms with Crippen LogP contribution in [0.2, 0.25) is 0 Å². The number of aromatic nitrogens is 1. The smallest absolute Gasteiger partial charge is 0.258 e. The molecule has 0 radical (unpaired) electrons. The fourth-order valence-corrected chi connectivity index (χ4v) is 3.23. The fourth-order valence-electron chi connectivity index (χ4n) is 3.23. The summed E-state index contributed by atoms with van der Waals surface area (Å²) in [5.74, 6) is 0. The van der Waals surface area contributed by atoms with Crippen molar-refractivity contribution in [1.82, 2.24) is 0 Å². The van der Waals surface area contributed by atoms with Gasteiger partial charge in [-0.15, -0.1) is 0 Å². The number of nitro benzene ring substituents is 2. The van der Waals surface area contributed by atoms with E-state index in [-0.39, 0.29) is 16.9 Å². The number of nitro groups is 2. The van der Waals surface area contributed by atoms with Gasteiger partial charge in [0, 0.05) is 36.8 Å². The molecule has 3 rings (SSSR count). The van der Waals surface area contributed by atoms with E-state index >= 15 is 0 Å². The van der Waals surface area contributed by atoms with E-state index in [1.54, 1.807) is 6.07 Å². The van der Waals surface area contributed by atoms with Crippen LogP contribution in [-0.2, 0) is 6.54 Å². The molecule has 2 aromatic carbocycles. The lowest BCUT2D eigenvalue weighted by Crippen LogP contribution is -2.36. The Hall–Kier alpha value is -3.35. The molecule has 0 saturated carbocycles. The Kier molecular flexibility index (Phi) is 4.14. The first-order valence-corrected chi connectivity index (χ1v) is 7.80. The number of nitrogens with zero attached hydrogens (tertiary/aromatic N) is 3. The Bertz CT molecular complexity index is 982. The second-order valence-corrected chi connectivity index (χ2v) is 5.65. The molecule has 7 heteroatoms. The molecule has 3 aromatic rings. The van der Waals surface area contributed by atoms with Crippen molar-refractivity contribution >= 4 is 22.3 Å². The third-order valence-electron chi connectivity index (χ3n) is 4.26. The maximum absolute atomic E-state index is 11.5. The van der Waals surface area contributed by atoms with Gasteiger partial charge in [0.25, 0.3) is 11.4 Å². The first-order valence-electron chi connectivity index (χ1n) is 7.80. The molecule has 0 atom stereocenters. The van der Waals surface area contributed by atoms with E-state index in [0.29, 0.717) is 5.56 Å². The quantitative estimate of drug-likeness (QED) is 0.409. The molecule has 25 heavy (non-hydrogen) atoms. The van der Waals surface area contributed by atoms with Crippen LogP contribution in [0.4, 0.5) is 11.4 Å². The van der Waals surface area contributed by atoms with Crippen molar-refractivity contribution in [2.75, 3.05) is 0 Å². The van der Waals surface area contributed by atoms with Crippen molar-refractivity contribution < 1.29 is 14.4 Å². The van der Waals surface area contributed by atoms with Crippen molar-refractivity contribution in [2.24, 2.45) is 0 Å². The molecule has 0 aliphatic rings. The number of rotatable bonds is 4. The van der Waals surface area contributed by atoms with E-state index in [4.69, 9.17) is 0 Å². The molecule has 0 fully saturated rings. The van der Waals surface area contributed by atoms with Crippen molar-refractivity contribution in [3.05, 3.63) is 74.5 Å². The number of benzene rings is 2. The van der Waals surface area contributed by atoms with E-state index in [9.17, 15) is 20.2 Å². The molecule has 126 valence electrons. The average Bonchev–Trinajstić information content (AvgIpc) is 2.60. The summed E-state index contributed by atoms with van der Waals surface area (Å²) in [7, 11) is 0. The molecule has 0 spiro atoms. The van der Waals surface area contributed by atoms with Crippen molar-refractivity contribution in [3.8, 4) is 11.1 Å². The van der Waals surface area contributed by atoms with Crippen LogP contribution in [0.5, 0.6) is 0 Å². The Balaban J connectivity index is 2.50. The van der Waals surface area contributed by atoms with Crippen molar-refractivity contribution in [3.63, 3.8) is 0 Å². The molecule has 0 aliphatic carbocycles. The summed E-state index contributed by atoms with van der Waals surface area (Å²) < 4.78 is 2.07. The Morgan fingerprint density at radius 3 is 2.12 bits per heavy atom. The van der Waals surface area contributed by atoms with Gasteiger partial charge in [-0.05, 0) is 19.1 Å². The first kappa shape index (κ1) is 16.5. The van der Waals surface area contributed by atoms with Gasteiger partial charge in [-0.25, -0.2) is 0 Å². The van der Waals surface area contributed by atoms with E-state index in [1.165, 1.54) is 18.2 Å². The third kappa shape index (κ3) is 2.69. The molecule has 0 unspecified atom stereocenters. The summed E-state index contributed by atoms with van der Waals surface area (Å²) in [6.45, 7) is 4.62. The molecule has 0 amide bonds. The summed E-state index contributed by atoms with van der Waals surface area (Å²) in [4.78, 5) is 21.8. The first-order chi connectivity index (χ1) is 12.0. The van der Waals surface area contributed by atoms with Crippen LogP contribution in [0.1, 0.15) is 12.6 Å². The minimum absolute atomic E-state index is 0.0417. The van der Waals surface area contributed by atoms with Gasteiger partial charge in [0.05, 0.1) is 15.2 Å². The van der Waals surface area contributed by atoms with E-state index in [2.05, 4.69) is 4.57 Å². The largest absolute Gasteiger partial charge is 0.284 e. The maximum atomic E-state index is 11.5. The fraction of sp³-hybridized carbons (Fsp3) is 0.167. The van der Waals surface area contributed by atoms with Gasteiger partial charge in [0.2, 0.25) is 5.52 Å². The predicted molar refractivity (Wildman–Crippen MR) is 93.3 cm³/mol. The zero-order valence-electron chi connectivity index (χ0n) is 13.8. The molecule has 1 aromatic heterocycles. The summed E-state index contributed by atoms with van der Waals surface area (Å²) in [5.41, 5.74) is 1.76. The molecule has 7 nitrogen and oxygen atoms in total. The highest BCUT2D eigenvalue weighted by Crippen LogP contribution is 2.40. The second-order valence-electron chi connectivity index (χ2n) is 5.65. The van der Waals surface area contributed by atoms with Crippen LogP contribution in [0, 0.1) is 27.2 Å². The molecule has 0 aliphatic heterocycles. The van der Waals surface area contributed by atoms with Gasteiger partial charge in [0.15, 0.2) is 5.69 Å². The zero-order chi connectivity index (χ0) is 18.1. The minimum atomic E-state index is -0.576. The summed E-state index contributed by atoms with van der Waals surface area (Å²) in [6, 6.07) is 13.2. The highest BCUT2D eigenvalue weighted by atomic mass is 16.6. The van der Waals surface area contributed by atoms with Crippen LogP contribution < -0.4 is 4.57 Å². The van der Waals surface area contributed by atoms with Gasteiger partial charge < -0.3 is 0 Å². The van der Waals surface area contributed by atoms with Crippen molar-refractivity contribution in [1.29, 1.82) is 0 Å². The molecule has 0 N–H and O–H groups in total. The molecule has 1 heterocycles. The zero-order valence-corrected chi connectivity index (χ0v) is 13.8. The minimum Gasteiger partial charge on any atom is -0.258 e. The highest BCUT2D eigenvalue weighted by molar-refractivity contribution is 5.98. The van der Waals surface area contributed by atoms with Crippen LogP contribution >= 0.6 is 0 Å². The highest BCUT2D eigenvalue weighted by Gasteiger charge is 2.29. The van der Waals surface area contributed by atoms with Gasteiger partial charge >= 0.3 is 0 Å². The summed E-state index contributed by atoms with van der Waals surface area (Å²) in [6.07, 6.45) is 0. The maximum Gasteiger partial charge on any atom is 0.284 e. The van der Waals surface area contributed by atoms with E-state index in [0.717, 1.165) is 23.1 Å². The molecule has 0 saturated heterocycles. The lowest BCUT2D eigenvalue weighted by atomic mass is 9.96.